The van der Waals surface area contributed by atoms with E-state index in [0.29, 0.717) is 5.89 Å². The number of nitrogens with zero attached hydrogens (tertiary/aromatic N) is 2. The van der Waals surface area contributed by atoms with Gasteiger partial charge in [-0.25, -0.2) is 4.98 Å². The van der Waals surface area contributed by atoms with Crippen LogP contribution in [0.15, 0.2) is 59.5 Å². The van der Waals surface area contributed by atoms with Crippen molar-refractivity contribution in [3.63, 3.8) is 0 Å². The van der Waals surface area contributed by atoms with Gasteiger partial charge >= 0.3 is 0 Å². The normalized spacial score (nSPS) is 10.4. The second kappa shape index (κ2) is 4.94. The molecule has 4 rings (SSSR count). The lowest BCUT2D eigenvalue weighted by Gasteiger charge is -2.08. The second-order valence-corrected chi connectivity index (χ2v) is 3.97. The summed E-state index contributed by atoms with van der Waals surface area (Å²) in [4.78, 5) is 8.02. The van der Waals surface area contributed by atoms with Gasteiger partial charge in [-0.1, -0.05) is 18.2 Å². The highest BCUT2D eigenvalue weighted by molar-refractivity contribution is 5.45. The van der Waals surface area contributed by atoms with Crippen molar-refractivity contribution >= 4 is 0 Å². The van der Waals surface area contributed by atoms with Gasteiger partial charge in [0.05, 0.1) is 13.3 Å². The molecule has 0 N–H and O–H groups in total. The highest BCUT2D eigenvalue weighted by atomic mass is 16.5. The largest absolute Gasteiger partial charge is 0.496 e. The Balaban J connectivity index is 0.000000122. The van der Waals surface area contributed by atoms with Crippen molar-refractivity contribution in [2.75, 3.05) is 7.11 Å². The molecule has 0 bridgehead atoms. The molecule has 2 aliphatic rings. The van der Waals surface area contributed by atoms with E-state index < -0.39 is 0 Å². The Labute approximate surface area is 110 Å². The lowest BCUT2D eigenvalue weighted by molar-refractivity contribution is 0.407. The van der Waals surface area contributed by atoms with Crippen LogP contribution in [0.1, 0.15) is 0 Å². The third kappa shape index (κ3) is 2.20. The Morgan fingerprint density at radius 2 is 2.00 bits per heavy atom. The smallest absolute Gasteiger partial charge is 0.244 e. The molecule has 2 aromatic heterocycles. The van der Waals surface area contributed by atoms with Crippen LogP contribution in [-0.4, -0.2) is 17.1 Å². The van der Waals surface area contributed by atoms with Gasteiger partial charge in [0.1, 0.15) is 17.7 Å². The van der Waals surface area contributed by atoms with E-state index in [1.54, 1.807) is 19.5 Å². The van der Waals surface area contributed by atoms with E-state index in [-0.39, 0.29) is 0 Å². The molecule has 94 valence electrons. The fraction of sp³-hybridized carbons (Fsp3) is 0.0667. The number of hydrogen-bond donors (Lipinski definition) is 0. The molecule has 0 saturated heterocycles. The monoisotopic (exact) mass is 252 g/mol. The van der Waals surface area contributed by atoms with Crippen LogP contribution < -0.4 is 4.74 Å². The molecule has 0 amide bonds. The zero-order valence-corrected chi connectivity index (χ0v) is 10.4. The molecule has 4 heteroatoms. The Hall–Kier alpha value is -2.62. The van der Waals surface area contributed by atoms with Crippen molar-refractivity contribution in [3.8, 4) is 17.3 Å². The molecule has 0 unspecified atom stereocenters. The summed E-state index contributed by atoms with van der Waals surface area (Å²) in [5.74, 6) is 1.59. The van der Waals surface area contributed by atoms with Crippen LogP contribution in [0.5, 0.6) is 5.75 Å². The summed E-state index contributed by atoms with van der Waals surface area (Å²) in [6, 6.07) is 11.8. The van der Waals surface area contributed by atoms with Gasteiger partial charge in [-0.15, -0.1) is 0 Å². The summed E-state index contributed by atoms with van der Waals surface area (Å²) < 4.78 is 10.0. The predicted molar refractivity (Wildman–Crippen MR) is 70.4 cm³/mol. The zero-order valence-electron chi connectivity index (χ0n) is 10.4. The van der Waals surface area contributed by atoms with Gasteiger partial charge in [0, 0.05) is 11.4 Å². The summed E-state index contributed by atoms with van der Waals surface area (Å²) in [6.45, 7) is 0. The first-order valence-electron chi connectivity index (χ1n) is 5.88. The van der Waals surface area contributed by atoms with Gasteiger partial charge in [-0.05, 0) is 23.4 Å². The van der Waals surface area contributed by atoms with Gasteiger partial charge in [0.25, 0.3) is 0 Å². The number of hydrogen-bond acceptors (Lipinski definition) is 4. The van der Waals surface area contributed by atoms with Crippen LogP contribution in [0.3, 0.4) is 0 Å². The molecule has 0 radical (unpaired) electrons. The molecule has 2 heterocycles. The van der Waals surface area contributed by atoms with Crippen LogP contribution in [0.4, 0.5) is 0 Å². The lowest BCUT2D eigenvalue weighted by Crippen LogP contribution is -1.92. The number of aromatic nitrogens is 2. The molecule has 2 aromatic rings. The zero-order chi connectivity index (χ0) is 13.1. The average molecular weight is 252 g/mol. The number of benzene rings is 1. The Kier molecular flexibility index (Phi) is 2.98. The van der Waals surface area contributed by atoms with E-state index in [9.17, 15) is 0 Å². The third-order valence-corrected chi connectivity index (χ3v) is 2.83. The van der Waals surface area contributed by atoms with E-state index in [4.69, 9.17) is 9.15 Å². The average Bonchev–Trinajstić information content (AvgIpc) is 2.98. The van der Waals surface area contributed by atoms with E-state index in [2.05, 4.69) is 22.1 Å². The minimum atomic E-state index is 0.561. The van der Waals surface area contributed by atoms with Gasteiger partial charge in [0.15, 0.2) is 0 Å². The SMILES string of the molecule is COc1cc2ccc1=2.c1ccc(-c2ncco2)nc1. The van der Waals surface area contributed by atoms with E-state index in [0.717, 1.165) is 11.4 Å². The van der Waals surface area contributed by atoms with Gasteiger partial charge in [-0.3, -0.25) is 4.98 Å². The maximum absolute atomic E-state index is 5.05. The number of rotatable bonds is 2. The van der Waals surface area contributed by atoms with Crippen LogP contribution >= 0.6 is 0 Å². The highest BCUT2D eigenvalue weighted by Crippen LogP contribution is 2.22. The maximum atomic E-state index is 5.05. The summed E-state index contributed by atoms with van der Waals surface area (Å²) in [5.41, 5.74) is 0.762. The van der Waals surface area contributed by atoms with Crippen molar-refractivity contribution < 1.29 is 9.15 Å². The first kappa shape index (κ1) is 11.5. The van der Waals surface area contributed by atoms with Gasteiger partial charge in [-0.2, -0.15) is 0 Å². The van der Waals surface area contributed by atoms with Crippen molar-refractivity contribution in [2.24, 2.45) is 0 Å². The summed E-state index contributed by atoms with van der Waals surface area (Å²) >= 11 is 0. The fourth-order valence-corrected chi connectivity index (χ4v) is 1.76. The summed E-state index contributed by atoms with van der Waals surface area (Å²) in [5, 5.41) is 2.62. The fourth-order valence-electron chi connectivity index (χ4n) is 1.76. The van der Waals surface area contributed by atoms with E-state index >= 15 is 0 Å². The molecule has 0 saturated carbocycles. The minimum Gasteiger partial charge on any atom is -0.496 e. The standard InChI is InChI=1S/C8H6N2O.C7H6O/c1-2-4-9-7(3-1)8-10-5-6-11-8;1-8-7-4-5-2-3-6(5)7/h1-6H;2-4H,1H3. The number of ether oxygens (including phenoxy) is 1. The second-order valence-electron chi connectivity index (χ2n) is 3.97. The molecular formula is C15H12N2O2. The highest BCUT2D eigenvalue weighted by Gasteiger charge is 2.03. The third-order valence-electron chi connectivity index (χ3n) is 2.83. The molecule has 19 heavy (non-hydrogen) atoms. The molecule has 0 aliphatic heterocycles. The van der Waals surface area contributed by atoms with Crippen LogP contribution in [0.2, 0.25) is 0 Å². The van der Waals surface area contributed by atoms with Crippen molar-refractivity contribution in [1.29, 1.82) is 0 Å². The summed E-state index contributed by atoms with van der Waals surface area (Å²) in [7, 11) is 1.70. The van der Waals surface area contributed by atoms with Crippen molar-refractivity contribution in [1.82, 2.24) is 9.97 Å². The first-order chi connectivity index (χ1) is 9.38. The van der Waals surface area contributed by atoms with Crippen molar-refractivity contribution in [3.05, 3.63) is 65.5 Å². The quantitative estimate of drug-likeness (QED) is 0.550. The van der Waals surface area contributed by atoms with E-state index in [1.165, 1.54) is 16.7 Å². The molecule has 0 aromatic carbocycles. The molecule has 4 nitrogen and oxygen atoms in total. The Morgan fingerprint density at radius 1 is 1.05 bits per heavy atom. The Bertz CT molecular complexity index is 753. The molecule has 0 fully saturated rings. The lowest BCUT2D eigenvalue weighted by atomic mass is 10.1. The van der Waals surface area contributed by atoms with Gasteiger partial charge < -0.3 is 9.15 Å². The first-order valence-corrected chi connectivity index (χ1v) is 5.88. The van der Waals surface area contributed by atoms with Gasteiger partial charge in [0.2, 0.25) is 5.89 Å². The minimum absolute atomic E-state index is 0.561. The van der Waals surface area contributed by atoms with Crippen LogP contribution in [0.25, 0.3) is 11.6 Å². The Morgan fingerprint density at radius 3 is 2.42 bits per heavy atom. The van der Waals surface area contributed by atoms with E-state index in [1.807, 2.05) is 24.3 Å². The molecule has 0 atom stereocenters. The van der Waals surface area contributed by atoms with Crippen molar-refractivity contribution in [2.45, 2.75) is 0 Å². The summed E-state index contributed by atoms with van der Waals surface area (Å²) in [6.07, 6.45) is 4.84. The molecular weight excluding hydrogens is 240 g/mol. The predicted octanol–water partition coefficient (Wildman–Crippen LogP) is 3.03. The number of pyridine rings is 1. The molecule has 0 spiro atoms. The maximum Gasteiger partial charge on any atom is 0.244 e. The number of methoxy groups -OCH3 is 1. The van der Waals surface area contributed by atoms with Crippen LogP contribution in [-0.2, 0) is 0 Å². The topological polar surface area (TPSA) is 48.2 Å². The number of oxazole rings is 1. The van der Waals surface area contributed by atoms with Crippen LogP contribution in [0, 0.1) is 10.4 Å². The molecule has 2 aliphatic carbocycles.